The number of hydrogen-bond donors (Lipinski definition) is 0. The number of amides is 1. The lowest BCUT2D eigenvalue weighted by molar-refractivity contribution is -0.137. The molecule has 0 radical (unpaired) electrons. The van der Waals surface area contributed by atoms with Gasteiger partial charge in [0.05, 0.1) is 19.1 Å². The van der Waals surface area contributed by atoms with Crippen LogP contribution in [-0.4, -0.2) is 49.8 Å². The predicted molar refractivity (Wildman–Crippen MR) is 83.1 cm³/mol. The summed E-state index contributed by atoms with van der Waals surface area (Å²) in [4.78, 5) is 14.4. The average molecular weight is 297 g/mol. The maximum atomic E-state index is 12.4. The molecule has 2 atom stereocenters. The van der Waals surface area contributed by atoms with Crippen molar-refractivity contribution in [3.8, 4) is 0 Å². The monoisotopic (exact) mass is 297 g/mol. The molecular formula is C17H31NO3. The first-order valence-electron chi connectivity index (χ1n) is 8.54. The van der Waals surface area contributed by atoms with Crippen molar-refractivity contribution in [1.29, 1.82) is 0 Å². The largest absolute Gasteiger partial charge is 0.381 e. The quantitative estimate of drug-likeness (QED) is 0.783. The molecule has 4 nitrogen and oxygen atoms in total. The highest BCUT2D eigenvalue weighted by atomic mass is 16.5. The molecular weight excluding hydrogens is 266 g/mol. The third-order valence-corrected chi connectivity index (χ3v) is 5.16. The van der Waals surface area contributed by atoms with Gasteiger partial charge in [-0.3, -0.25) is 4.79 Å². The van der Waals surface area contributed by atoms with E-state index in [1.807, 2.05) is 11.9 Å². The number of hydrogen-bond acceptors (Lipinski definition) is 3. The summed E-state index contributed by atoms with van der Waals surface area (Å²) < 4.78 is 11.1. The van der Waals surface area contributed by atoms with Gasteiger partial charge in [-0.05, 0) is 37.5 Å². The Balaban J connectivity index is 1.73. The Hall–Kier alpha value is -0.610. The van der Waals surface area contributed by atoms with Gasteiger partial charge < -0.3 is 14.4 Å². The van der Waals surface area contributed by atoms with E-state index < -0.39 is 0 Å². The molecule has 0 bridgehead atoms. The van der Waals surface area contributed by atoms with Gasteiger partial charge in [0.1, 0.15) is 0 Å². The van der Waals surface area contributed by atoms with Crippen LogP contribution in [0.1, 0.15) is 52.4 Å². The van der Waals surface area contributed by atoms with Crippen LogP contribution in [0.4, 0.5) is 0 Å². The molecule has 0 N–H and O–H groups in total. The first-order chi connectivity index (χ1) is 10.1. The summed E-state index contributed by atoms with van der Waals surface area (Å²) in [6, 6.07) is 0.398. The third kappa shape index (κ3) is 4.68. The molecule has 4 heteroatoms. The van der Waals surface area contributed by atoms with Crippen LogP contribution in [0, 0.1) is 11.8 Å². The molecule has 0 aromatic heterocycles. The number of nitrogens with zero attached hydrogens (tertiary/aromatic N) is 1. The molecule has 2 unspecified atom stereocenters. The molecule has 0 aromatic carbocycles. The molecule has 1 amide bonds. The molecule has 1 aliphatic heterocycles. The van der Waals surface area contributed by atoms with Crippen molar-refractivity contribution >= 4 is 5.91 Å². The number of carbonyl (C=O) groups excluding carboxylic acids is 1. The molecule has 2 fully saturated rings. The Labute approximate surface area is 129 Å². The van der Waals surface area contributed by atoms with Crippen LogP contribution in [0.2, 0.25) is 0 Å². The molecule has 2 rings (SSSR count). The van der Waals surface area contributed by atoms with Crippen LogP contribution in [0.15, 0.2) is 0 Å². The Bertz CT molecular complexity index is 318. The van der Waals surface area contributed by atoms with Gasteiger partial charge in [0.2, 0.25) is 5.91 Å². The molecule has 1 saturated heterocycles. The van der Waals surface area contributed by atoms with Crippen molar-refractivity contribution in [3.63, 3.8) is 0 Å². The zero-order valence-electron chi connectivity index (χ0n) is 13.8. The van der Waals surface area contributed by atoms with Crippen LogP contribution >= 0.6 is 0 Å². The van der Waals surface area contributed by atoms with Crippen LogP contribution in [0.3, 0.4) is 0 Å². The third-order valence-electron chi connectivity index (χ3n) is 5.16. The summed E-state index contributed by atoms with van der Waals surface area (Å²) in [7, 11) is 1.97. The fourth-order valence-electron chi connectivity index (χ4n) is 3.93. The Morgan fingerprint density at radius 2 is 1.76 bits per heavy atom. The molecule has 2 aliphatic rings. The number of carbonyl (C=O) groups is 1. The maximum absolute atomic E-state index is 12.4. The molecule has 0 spiro atoms. The van der Waals surface area contributed by atoms with Gasteiger partial charge in [-0.1, -0.05) is 20.3 Å². The minimum Gasteiger partial charge on any atom is -0.381 e. The van der Waals surface area contributed by atoms with E-state index in [0.717, 1.165) is 26.1 Å². The van der Waals surface area contributed by atoms with Crippen LogP contribution < -0.4 is 0 Å². The van der Waals surface area contributed by atoms with Crippen molar-refractivity contribution in [1.82, 2.24) is 4.90 Å². The van der Waals surface area contributed by atoms with E-state index in [2.05, 4.69) is 13.8 Å². The van der Waals surface area contributed by atoms with Crippen molar-refractivity contribution < 1.29 is 14.3 Å². The summed E-state index contributed by atoms with van der Waals surface area (Å²) in [6.45, 7) is 6.68. The summed E-state index contributed by atoms with van der Waals surface area (Å²) >= 11 is 0. The zero-order chi connectivity index (χ0) is 15.2. The second-order valence-electron chi connectivity index (χ2n) is 6.81. The second-order valence-corrected chi connectivity index (χ2v) is 6.81. The summed E-state index contributed by atoms with van der Waals surface area (Å²) in [5.74, 6) is 1.45. The molecule has 1 saturated carbocycles. The van der Waals surface area contributed by atoms with E-state index in [0.29, 0.717) is 30.9 Å². The molecule has 0 aromatic rings. The van der Waals surface area contributed by atoms with Crippen LogP contribution in [0.5, 0.6) is 0 Å². The summed E-state index contributed by atoms with van der Waals surface area (Å²) in [5, 5.41) is 0. The Morgan fingerprint density at radius 1 is 1.14 bits per heavy atom. The topological polar surface area (TPSA) is 38.8 Å². The Kier molecular flexibility index (Phi) is 6.49. The first kappa shape index (κ1) is 16.8. The fraction of sp³-hybridized carbons (Fsp3) is 0.941. The zero-order valence-corrected chi connectivity index (χ0v) is 13.8. The first-order valence-corrected chi connectivity index (χ1v) is 8.54. The second kappa shape index (κ2) is 8.14. The molecule has 21 heavy (non-hydrogen) atoms. The standard InChI is InChI=1S/C17H31NO3/c1-13-5-4-6-14(2)17(13)18(3)16(19)9-12-21-15-7-10-20-11-8-15/h13-15,17H,4-12H2,1-3H3. The van der Waals surface area contributed by atoms with Crippen molar-refractivity contribution in [3.05, 3.63) is 0 Å². The molecule has 1 heterocycles. The van der Waals surface area contributed by atoms with Gasteiger partial charge in [-0.2, -0.15) is 0 Å². The lowest BCUT2D eigenvalue weighted by Gasteiger charge is -2.41. The van der Waals surface area contributed by atoms with E-state index in [1.165, 1.54) is 19.3 Å². The number of ether oxygens (including phenoxy) is 2. The normalized spacial score (nSPS) is 31.1. The van der Waals surface area contributed by atoms with Crippen LogP contribution in [0.25, 0.3) is 0 Å². The van der Waals surface area contributed by atoms with E-state index in [1.54, 1.807) is 0 Å². The van der Waals surface area contributed by atoms with Crippen molar-refractivity contribution in [2.75, 3.05) is 26.9 Å². The SMILES string of the molecule is CC1CCCC(C)C1N(C)C(=O)CCOC1CCOCC1. The maximum Gasteiger partial charge on any atom is 0.224 e. The van der Waals surface area contributed by atoms with E-state index >= 15 is 0 Å². The van der Waals surface area contributed by atoms with Gasteiger partial charge in [0.25, 0.3) is 0 Å². The number of rotatable bonds is 5. The minimum absolute atomic E-state index is 0.229. The van der Waals surface area contributed by atoms with Gasteiger partial charge in [-0.25, -0.2) is 0 Å². The van der Waals surface area contributed by atoms with E-state index in [4.69, 9.17) is 9.47 Å². The summed E-state index contributed by atoms with van der Waals surface area (Å²) in [5.41, 5.74) is 0. The predicted octanol–water partition coefficient (Wildman–Crippen LogP) is 2.86. The van der Waals surface area contributed by atoms with E-state index in [-0.39, 0.29) is 12.0 Å². The average Bonchev–Trinajstić information content (AvgIpc) is 2.48. The smallest absolute Gasteiger partial charge is 0.224 e. The highest BCUT2D eigenvalue weighted by Gasteiger charge is 2.32. The van der Waals surface area contributed by atoms with Crippen molar-refractivity contribution in [2.45, 2.75) is 64.5 Å². The highest BCUT2D eigenvalue weighted by Crippen LogP contribution is 2.32. The van der Waals surface area contributed by atoms with Crippen LogP contribution in [-0.2, 0) is 14.3 Å². The van der Waals surface area contributed by atoms with Gasteiger partial charge >= 0.3 is 0 Å². The van der Waals surface area contributed by atoms with E-state index in [9.17, 15) is 4.79 Å². The highest BCUT2D eigenvalue weighted by molar-refractivity contribution is 5.76. The van der Waals surface area contributed by atoms with Crippen molar-refractivity contribution in [2.24, 2.45) is 11.8 Å². The lowest BCUT2D eigenvalue weighted by Crippen LogP contribution is -2.47. The van der Waals surface area contributed by atoms with Gasteiger partial charge in [0, 0.05) is 26.3 Å². The minimum atomic E-state index is 0.229. The summed E-state index contributed by atoms with van der Waals surface area (Å²) in [6.07, 6.45) is 6.49. The molecule has 122 valence electrons. The lowest BCUT2D eigenvalue weighted by atomic mass is 9.78. The van der Waals surface area contributed by atoms with Gasteiger partial charge in [0.15, 0.2) is 0 Å². The Morgan fingerprint density at radius 3 is 2.38 bits per heavy atom. The van der Waals surface area contributed by atoms with Gasteiger partial charge in [-0.15, -0.1) is 0 Å². The molecule has 1 aliphatic carbocycles. The fourth-order valence-corrected chi connectivity index (χ4v) is 3.93.